The molecule has 0 fully saturated rings. The monoisotopic (exact) mass is 237 g/mol. The molecule has 90 valence electrons. The van der Waals surface area contributed by atoms with Crippen LogP contribution >= 0.6 is 0 Å². The molecule has 3 rings (SSSR count). The summed E-state index contributed by atoms with van der Waals surface area (Å²) in [6.45, 7) is 4.08. The Bertz CT molecular complexity index is 774. The Hall–Kier alpha value is -2.29. The molecule has 0 atom stereocenters. The lowest BCUT2D eigenvalue weighted by molar-refractivity contribution is 1.26. The zero-order valence-electron chi connectivity index (χ0n) is 10.5. The van der Waals surface area contributed by atoms with Crippen molar-refractivity contribution < 1.29 is 0 Å². The van der Waals surface area contributed by atoms with Gasteiger partial charge in [-0.15, -0.1) is 0 Å². The minimum atomic E-state index is 0.959. The van der Waals surface area contributed by atoms with Gasteiger partial charge in [-0.1, -0.05) is 12.2 Å². The van der Waals surface area contributed by atoms with Crippen molar-refractivity contribution in [2.24, 2.45) is 0 Å². The summed E-state index contributed by atoms with van der Waals surface area (Å²) in [7, 11) is 0. The lowest BCUT2D eigenvalue weighted by Gasteiger charge is -1.97. The molecule has 0 unspecified atom stereocenters. The van der Waals surface area contributed by atoms with Gasteiger partial charge in [0.25, 0.3) is 0 Å². The zero-order chi connectivity index (χ0) is 12.5. The van der Waals surface area contributed by atoms with Crippen molar-refractivity contribution in [1.82, 2.24) is 15.0 Å². The van der Waals surface area contributed by atoms with E-state index in [1.54, 1.807) is 0 Å². The molecule has 0 aliphatic carbocycles. The van der Waals surface area contributed by atoms with Crippen LogP contribution in [0.4, 0.5) is 0 Å². The molecule has 3 heteroatoms. The molecule has 0 spiro atoms. The van der Waals surface area contributed by atoms with E-state index in [1.165, 1.54) is 5.22 Å². The molecule has 3 aromatic rings. The van der Waals surface area contributed by atoms with Gasteiger partial charge in [-0.2, -0.15) is 0 Å². The Morgan fingerprint density at radius 1 is 1.17 bits per heavy atom. The average molecular weight is 237 g/mol. The predicted molar refractivity (Wildman–Crippen MR) is 75.4 cm³/mol. The summed E-state index contributed by atoms with van der Waals surface area (Å²) in [4.78, 5) is 11.1. The van der Waals surface area contributed by atoms with Crippen molar-refractivity contribution in [3.63, 3.8) is 0 Å². The fourth-order valence-electron chi connectivity index (χ4n) is 2.19. The molecule has 0 bridgehead atoms. The number of H-pyrrole nitrogens is 2. The highest BCUT2D eigenvalue weighted by atomic mass is 14.8. The molecular formula is C15H15N3. The standard InChI is InChI=1S/C15H15N3/c1-3-10-7-15(18-12(10)4-2)14-8-13-11(9-17-14)5-6-16-13/h3-9,16,18H,1-2H3. The Balaban J connectivity index is 2.22. The van der Waals surface area contributed by atoms with Crippen LogP contribution in [0.3, 0.4) is 0 Å². The maximum atomic E-state index is 4.49. The van der Waals surface area contributed by atoms with Crippen LogP contribution in [-0.4, -0.2) is 15.0 Å². The normalized spacial score (nSPS) is 13.7. The molecule has 18 heavy (non-hydrogen) atoms. The summed E-state index contributed by atoms with van der Waals surface area (Å²) < 4.78 is 0. The molecule has 0 amide bonds. The van der Waals surface area contributed by atoms with Crippen LogP contribution < -0.4 is 10.6 Å². The van der Waals surface area contributed by atoms with Gasteiger partial charge in [0.1, 0.15) is 0 Å². The Kier molecular flexibility index (Phi) is 2.52. The van der Waals surface area contributed by atoms with Crippen molar-refractivity contribution in [3.05, 3.63) is 41.2 Å². The minimum Gasteiger partial charge on any atom is -0.361 e. The summed E-state index contributed by atoms with van der Waals surface area (Å²) >= 11 is 0. The van der Waals surface area contributed by atoms with Crippen molar-refractivity contribution in [3.8, 4) is 11.4 Å². The molecule has 0 saturated carbocycles. The first-order valence-corrected chi connectivity index (χ1v) is 6.07. The summed E-state index contributed by atoms with van der Waals surface area (Å²) in [6.07, 6.45) is 8.00. The lowest BCUT2D eigenvalue weighted by atomic mass is 10.2. The smallest absolute Gasteiger partial charge is 0.0885 e. The number of hydrogen-bond donors (Lipinski definition) is 2. The SMILES string of the molecule is CC=c1cc(-c2cc3[nH]ccc3cn2)[nH]c1=CC. The first-order chi connectivity index (χ1) is 8.81. The van der Waals surface area contributed by atoms with Crippen LogP contribution in [0, 0.1) is 0 Å². The van der Waals surface area contributed by atoms with E-state index in [0.717, 1.165) is 27.6 Å². The Morgan fingerprint density at radius 3 is 2.78 bits per heavy atom. The molecule has 2 N–H and O–H groups in total. The van der Waals surface area contributed by atoms with Gasteiger partial charge < -0.3 is 9.97 Å². The molecule has 3 aromatic heterocycles. The third kappa shape index (κ3) is 1.64. The quantitative estimate of drug-likeness (QED) is 0.669. The maximum Gasteiger partial charge on any atom is 0.0885 e. The van der Waals surface area contributed by atoms with Crippen molar-refractivity contribution >= 4 is 23.1 Å². The third-order valence-corrected chi connectivity index (χ3v) is 3.19. The molecule has 3 nitrogen and oxygen atoms in total. The molecule has 0 aliphatic heterocycles. The van der Waals surface area contributed by atoms with Crippen molar-refractivity contribution in [2.75, 3.05) is 0 Å². The van der Waals surface area contributed by atoms with Crippen LogP contribution in [0.5, 0.6) is 0 Å². The fourth-order valence-corrected chi connectivity index (χ4v) is 2.19. The van der Waals surface area contributed by atoms with Crippen LogP contribution in [0.25, 0.3) is 34.4 Å². The second kappa shape index (κ2) is 4.18. The predicted octanol–water partition coefficient (Wildman–Crippen LogP) is 2.16. The molecule has 3 heterocycles. The second-order valence-electron chi connectivity index (χ2n) is 4.26. The average Bonchev–Trinajstić information content (AvgIpc) is 3.03. The third-order valence-electron chi connectivity index (χ3n) is 3.19. The van der Waals surface area contributed by atoms with Gasteiger partial charge in [0.15, 0.2) is 0 Å². The first-order valence-electron chi connectivity index (χ1n) is 6.07. The summed E-state index contributed by atoms with van der Waals surface area (Å²) in [5.41, 5.74) is 3.12. The lowest BCUT2D eigenvalue weighted by Crippen LogP contribution is -2.20. The highest BCUT2D eigenvalue weighted by Gasteiger charge is 2.03. The number of aromatic nitrogens is 3. The van der Waals surface area contributed by atoms with E-state index >= 15 is 0 Å². The van der Waals surface area contributed by atoms with Gasteiger partial charge >= 0.3 is 0 Å². The number of fused-ring (bicyclic) bond motifs is 1. The van der Waals surface area contributed by atoms with Crippen molar-refractivity contribution in [2.45, 2.75) is 13.8 Å². The maximum absolute atomic E-state index is 4.49. The second-order valence-corrected chi connectivity index (χ2v) is 4.26. The van der Waals surface area contributed by atoms with E-state index in [9.17, 15) is 0 Å². The van der Waals surface area contributed by atoms with E-state index in [1.807, 2.05) is 32.3 Å². The highest BCUT2D eigenvalue weighted by Crippen LogP contribution is 2.17. The molecule has 0 radical (unpaired) electrons. The van der Waals surface area contributed by atoms with Crippen LogP contribution in [-0.2, 0) is 0 Å². The van der Waals surface area contributed by atoms with Gasteiger partial charge in [-0.3, -0.25) is 4.98 Å². The molecule has 0 aromatic carbocycles. The van der Waals surface area contributed by atoms with Crippen LogP contribution in [0.2, 0.25) is 0 Å². The van der Waals surface area contributed by atoms with Gasteiger partial charge in [-0.05, 0) is 37.3 Å². The molecule has 0 saturated heterocycles. The molecule has 0 aliphatic rings. The Labute approximate surface area is 105 Å². The Morgan fingerprint density at radius 2 is 2.06 bits per heavy atom. The highest BCUT2D eigenvalue weighted by molar-refractivity contribution is 5.81. The minimum absolute atomic E-state index is 0.959. The van der Waals surface area contributed by atoms with E-state index in [0.29, 0.717) is 0 Å². The van der Waals surface area contributed by atoms with E-state index in [2.05, 4.69) is 39.2 Å². The molecular weight excluding hydrogens is 222 g/mol. The number of aromatic amines is 2. The largest absolute Gasteiger partial charge is 0.361 e. The zero-order valence-corrected chi connectivity index (χ0v) is 10.5. The number of rotatable bonds is 1. The van der Waals surface area contributed by atoms with Gasteiger partial charge in [0, 0.05) is 28.6 Å². The number of pyridine rings is 1. The summed E-state index contributed by atoms with van der Waals surface area (Å²) in [5.74, 6) is 0. The summed E-state index contributed by atoms with van der Waals surface area (Å²) in [6, 6.07) is 6.23. The first kappa shape index (κ1) is 10.8. The van der Waals surface area contributed by atoms with E-state index in [-0.39, 0.29) is 0 Å². The topological polar surface area (TPSA) is 44.5 Å². The number of hydrogen-bond acceptors (Lipinski definition) is 1. The van der Waals surface area contributed by atoms with Gasteiger partial charge in [0.05, 0.1) is 11.4 Å². The van der Waals surface area contributed by atoms with E-state index in [4.69, 9.17) is 0 Å². The van der Waals surface area contributed by atoms with Crippen LogP contribution in [0.15, 0.2) is 30.6 Å². The van der Waals surface area contributed by atoms with Crippen LogP contribution in [0.1, 0.15) is 13.8 Å². The van der Waals surface area contributed by atoms with Crippen molar-refractivity contribution in [1.29, 1.82) is 0 Å². The van der Waals surface area contributed by atoms with Gasteiger partial charge in [0.2, 0.25) is 0 Å². The summed E-state index contributed by atoms with van der Waals surface area (Å²) in [5, 5.41) is 3.48. The number of nitrogens with one attached hydrogen (secondary N) is 2. The van der Waals surface area contributed by atoms with Gasteiger partial charge in [-0.25, -0.2) is 0 Å². The number of nitrogens with zero attached hydrogens (tertiary/aromatic N) is 1. The van der Waals surface area contributed by atoms with E-state index < -0.39 is 0 Å². The fraction of sp³-hybridized carbons (Fsp3) is 0.133.